The molecule has 0 spiro atoms. The number of hydrogen-bond acceptors (Lipinski definition) is 1. The standard InChI is InChI=1S/C13H14Br2FNO/c1-8-4-5-17(12(8)7-14)13(18)10-3-2-9(15)6-11(10)16/h2-3,6,8,12H,4-5,7H2,1H3. The maximum absolute atomic E-state index is 13.8. The average Bonchev–Trinajstić information content (AvgIpc) is 2.69. The summed E-state index contributed by atoms with van der Waals surface area (Å²) < 4.78 is 14.4. The van der Waals surface area contributed by atoms with Gasteiger partial charge in [0.1, 0.15) is 5.82 Å². The van der Waals surface area contributed by atoms with Gasteiger partial charge in [-0.3, -0.25) is 4.79 Å². The summed E-state index contributed by atoms with van der Waals surface area (Å²) in [5.74, 6) is -0.233. The van der Waals surface area contributed by atoms with Gasteiger partial charge in [0.15, 0.2) is 0 Å². The van der Waals surface area contributed by atoms with Crippen LogP contribution in [0.2, 0.25) is 0 Å². The van der Waals surface area contributed by atoms with Crippen LogP contribution in [-0.2, 0) is 0 Å². The summed E-state index contributed by atoms with van der Waals surface area (Å²) in [5, 5.41) is 0.734. The van der Waals surface area contributed by atoms with Crippen molar-refractivity contribution in [2.45, 2.75) is 19.4 Å². The van der Waals surface area contributed by atoms with E-state index in [1.165, 1.54) is 12.1 Å². The van der Waals surface area contributed by atoms with E-state index in [-0.39, 0.29) is 17.5 Å². The third-order valence-corrected chi connectivity index (χ3v) is 4.62. The Kier molecular flexibility index (Phi) is 4.43. The molecule has 1 aliphatic heterocycles. The van der Waals surface area contributed by atoms with Crippen LogP contribution in [0.4, 0.5) is 4.39 Å². The van der Waals surface area contributed by atoms with E-state index < -0.39 is 5.82 Å². The van der Waals surface area contributed by atoms with Crippen LogP contribution in [0.25, 0.3) is 0 Å². The van der Waals surface area contributed by atoms with Gasteiger partial charge >= 0.3 is 0 Å². The van der Waals surface area contributed by atoms with Crippen LogP contribution in [0.3, 0.4) is 0 Å². The fourth-order valence-electron chi connectivity index (χ4n) is 2.31. The van der Waals surface area contributed by atoms with E-state index in [1.54, 1.807) is 11.0 Å². The molecule has 1 saturated heterocycles. The molecule has 2 rings (SSSR count). The molecule has 5 heteroatoms. The highest BCUT2D eigenvalue weighted by molar-refractivity contribution is 9.10. The monoisotopic (exact) mass is 377 g/mol. The highest BCUT2D eigenvalue weighted by atomic mass is 79.9. The normalized spacial score (nSPS) is 23.4. The lowest BCUT2D eigenvalue weighted by molar-refractivity contribution is 0.0734. The number of alkyl halides is 1. The minimum atomic E-state index is -0.470. The second kappa shape index (κ2) is 5.70. The molecule has 1 aliphatic rings. The molecule has 2 atom stereocenters. The van der Waals surface area contributed by atoms with Crippen molar-refractivity contribution in [1.29, 1.82) is 0 Å². The highest BCUT2D eigenvalue weighted by Gasteiger charge is 2.34. The largest absolute Gasteiger partial charge is 0.334 e. The Bertz CT molecular complexity index is 466. The van der Waals surface area contributed by atoms with Crippen molar-refractivity contribution < 1.29 is 9.18 Å². The van der Waals surface area contributed by atoms with Gasteiger partial charge in [0.25, 0.3) is 5.91 Å². The number of carbonyl (C=O) groups is 1. The first-order valence-corrected chi connectivity index (χ1v) is 7.78. The smallest absolute Gasteiger partial charge is 0.257 e. The predicted molar refractivity (Wildman–Crippen MR) is 76.5 cm³/mol. The van der Waals surface area contributed by atoms with Crippen LogP contribution in [0.5, 0.6) is 0 Å². The van der Waals surface area contributed by atoms with E-state index in [4.69, 9.17) is 0 Å². The van der Waals surface area contributed by atoms with Crippen LogP contribution >= 0.6 is 31.9 Å². The Morgan fingerprint density at radius 3 is 2.89 bits per heavy atom. The molecule has 2 unspecified atom stereocenters. The van der Waals surface area contributed by atoms with Crippen molar-refractivity contribution in [3.63, 3.8) is 0 Å². The average molecular weight is 379 g/mol. The second-order valence-electron chi connectivity index (χ2n) is 4.61. The molecule has 0 aliphatic carbocycles. The molecule has 0 aromatic heterocycles. The molecule has 0 bridgehead atoms. The Morgan fingerprint density at radius 1 is 1.56 bits per heavy atom. The van der Waals surface area contributed by atoms with Gasteiger partial charge < -0.3 is 4.90 Å². The van der Waals surface area contributed by atoms with Crippen molar-refractivity contribution in [2.24, 2.45) is 5.92 Å². The van der Waals surface area contributed by atoms with Crippen molar-refractivity contribution >= 4 is 37.8 Å². The molecule has 1 aromatic rings. The maximum atomic E-state index is 13.8. The summed E-state index contributed by atoms with van der Waals surface area (Å²) in [4.78, 5) is 14.1. The molecule has 2 nitrogen and oxygen atoms in total. The molecule has 1 amide bonds. The van der Waals surface area contributed by atoms with Crippen molar-refractivity contribution in [1.82, 2.24) is 4.90 Å². The van der Waals surface area contributed by atoms with Crippen LogP contribution in [-0.4, -0.2) is 28.7 Å². The van der Waals surface area contributed by atoms with Crippen LogP contribution < -0.4 is 0 Å². The minimum Gasteiger partial charge on any atom is -0.334 e. The number of halogens is 3. The lowest BCUT2D eigenvalue weighted by atomic mass is 10.0. The Labute approximate surface area is 123 Å². The number of rotatable bonds is 2. The first kappa shape index (κ1) is 14.0. The first-order valence-electron chi connectivity index (χ1n) is 5.86. The zero-order chi connectivity index (χ0) is 13.3. The topological polar surface area (TPSA) is 20.3 Å². The summed E-state index contributed by atoms with van der Waals surface area (Å²) in [7, 11) is 0. The summed E-state index contributed by atoms with van der Waals surface area (Å²) >= 11 is 6.62. The molecule has 0 saturated carbocycles. The fourth-order valence-corrected chi connectivity index (χ4v) is 3.63. The number of likely N-dealkylation sites (tertiary alicyclic amines) is 1. The summed E-state index contributed by atoms with van der Waals surface area (Å²) in [6.45, 7) is 2.82. The van der Waals surface area contributed by atoms with Gasteiger partial charge in [-0.05, 0) is 30.5 Å². The van der Waals surface area contributed by atoms with E-state index in [9.17, 15) is 9.18 Å². The highest BCUT2D eigenvalue weighted by Crippen LogP contribution is 2.28. The number of benzene rings is 1. The van der Waals surface area contributed by atoms with Gasteiger partial charge in [-0.2, -0.15) is 0 Å². The van der Waals surface area contributed by atoms with Crippen LogP contribution in [0.1, 0.15) is 23.7 Å². The molecule has 18 heavy (non-hydrogen) atoms. The third kappa shape index (κ3) is 2.62. The fraction of sp³-hybridized carbons (Fsp3) is 0.462. The number of amides is 1. The van der Waals surface area contributed by atoms with Gasteiger partial charge in [0.2, 0.25) is 0 Å². The molecule has 0 N–H and O–H groups in total. The van der Waals surface area contributed by atoms with Gasteiger partial charge in [-0.1, -0.05) is 38.8 Å². The number of carbonyl (C=O) groups excluding carboxylic acids is 1. The lowest BCUT2D eigenvalue weighted by Crippen LogP contribution is -2.38. The summed E-state index contributed by atoms with van der Waals surface area (Å²) in [5.41, 5.74) is 0.151. The van der Waals surface area contributed by atoms with E-state index in [0.29, 0.717) is 16.9 Å². The van der Waals surface area contributed by atoms with Gasteiger partial charge in [0, 0.05) is 22.4 Å². The molecule has 98 valence electrons. The number of hydrogen-bond donors (Lipinski definition) is 0. The quantitative estimate of drug-likeness (QED) is 0.716. The van der Waals surface area contributed by atoms with Gasteiger partial charge in [0.05, 0.1) is 5.56 Å². The zero-order valence-electron chi connectivity index (χ0n) is 10.00. The molecule has 0 radical (unpaired) electrons. The Balaban J connectivity index is 2.26. The molecule has 1 aromatic carbocycles. The predicted octanol–water partition coefficient (Wildman–Crippen LogP) is 3.83. The summed E-state index contributed by atoms with van der Waals surface area (Å²) in [6.07, 6.45) is 0.972. The van der Waals surface area contributed by atoms with E-state index in [2.05, 4.69) is 38.8 Å². The second-order valence-corrected chi connectivity index (χ2v) is 6.17. The third-order valence-electron chi connectivity index (χ3n) is 3.46. The summed E-state index contributed by atoms with van der Waals surface area (Å²) in [6, 6.07) is 4.71. The zero-order valence-corrected chi connectivity index (χ0v) is 13.2. The van der Waals surface area contributed by atoms with Crippen LogP contribution in [0.15, 0.2) is 22.7 Å². The van der Waals surface area contributed by atoms with Crippen molar-refractivity contribution in [3.05, 3.63) is 34.1 Å². The maximum Gasteiger partial charge on any atom is 0.257 e. The lowest BCUT2D eigenvalue weighted by Gasteiger charge is -2.25. The van der Waals surface area contributed by atoms with Gasteiger partial charge in [-0.15, -0.1) is 0 Å². The Hall–Kier alpha value is -0.420. The molecule has 1 fully saturated rings. The Morgan fingerprint density at radius 2 is 2.28 bits per heavy atom. The van der Waals surface area contributed by atoms with Crippen molar-refractivity contribution in [3.8, 4) is 0 Å². The van der Waals surface area contributed by atoms with Crippen LogP contribution in [0, 0.1) is 11.7 Å². The number of nitrogens with zero attached hydrogens (tertiary/aromatic N) is 1. The first-order chi connectivity index (χ1) is 8.54. The van der Waals surface area contributed by atoms with E-state index in [1.807, 2.05) is 0 Å². The molecule has 1 heterocycles. The molecular weight excluding hydrogens is 365 g/mol. The minimum absolute atomic E-state index is 0.151. The van der Waals surface area contributed by atoms with Gasteiger partial charge in [-0.25, -0.2) is 4.39 Å². The van der Waals surface area contributed by atoms with Crippen molar-refractivity contribution in [2.75, 3.05) is 11.9 Å². The molecular formula is C13H14Br2FNO. The SMILES string of the molecule is CC1CCN(C(=O)c2ccc(Br)cc2F)C1CBr. The van der Waals surface area contributed by atoms with E-state index in [0.717, 1.165) is 11.8 Å². The van der Waals surface area contributed by atoms with E-state index >= 15 is 0 Å².